The molecule has 0 fully saturated rings. The molecule has 0 N–H and O–H groups in total. The standard InChI is InChI=1S/C16H14N2O2/c1-19-16-8-3-2-7-15(16)11-18-20-12-14-6-4-5-13(9-14)10-17/h2-9,11H,12H2,1H3. The molecule has 0 aliphatic rings. The summed E-state index contributed by atoms with van der Waals surface area (Å²) >= 11 is 0. The third-order valence-corrected chi connectivity index (χ3v) is 2.69. The van der Waals surface area contributed by atoms with Crippen molar-refractivity contribution in [1.29, 1.82) is 5.26 Å². The largest absolute Gasteiger partial charge is 0.496 e. The highest BCUT2D eigenvalue weighted by Crippen LogP contribution is 2.14. The molecule has 0 radical (unpaired) electrons. The second kappa shape index (κ2) is 6.95. The van der Waals surface area contributed by atoms with E-state index in [-0.39, 0.29) is 0 Å². The van der Waals surface area contributed by atoms with Gasteiger partial charge in [-0.15, -0.1) is 0 Å². The molecule has 0 aliphatic heterocycles. The molecule has 2 aromatic carbocycles. The van der Waals surface area contributed by atoms with Crippen LogP contribution < -0.4 is 4.74 Å². The van der Waals surface area contributed by atoms with Crippen molar-refractivity contribution in [3.63, 3.8) is 0 Å². The van der Waals surface area contributed by atoms with Gasteiger partial charge in [0, 0.05) is 5.56 Å². The number of hydrogen-bond donors (Lipinski definition) is 0. The van der Waals surface area contributed by atoms with E-state index in [1.165, 1.54) is 0 Å². The molecule has 4 heteroatoms. The van der Waals surface area contributed by atoms with Crippen molar-refractivity contribution < 1.29 is 9.57 Å². The van der Waals surface area contributed by atoms with Crippen LogP contribution in [-0.2, 0) is 11.4 Å². The Morgan fingerprint density at radius 1 is 1.20 bits per heavy atom. The number of benzene rings is 2. The average Bonchev–Trinajstić information content (AvgIpc) is 2.52. The van der Waals surface area contributed by atoms with E-state index in [4.69, 9.17) is 14.8 Å². The zero-order valence-electron chi connectivity index (χ0n) is 11.1. The van der Waals surface area contributed by atoms with Crippen molar-refractivity contribution in [2.75, 3.05) is 7.11 Å². The summed E-state index contributed by atoms with van der Waals surface area (Å²) in [6.07, 6.45) is 1.60. The molecule has 100 valence electrons. The van der Waals surface area contributed by atoms with E-state index in [0.29, 0.717) is 12.2 Å². The first kappa shape index (κ1) is 13.6. The molecule has 0 bridgehead atoms. The molecule has 0 unspecified atom stereocenters. The predicted molar refractivity (Wildman–Crippen MR) is 76.5 cm³/mol. The van der Waals surface area contributed by atoms with E-state index in [2.05, 4.69) is 11.2 Å². The number of hydrogen-bond acceptors (Lipinski definition) is 4. The average molecular weight is 266 g/mol. The van der Waals surface area contributed by atoms with Crippen molar-refractivity contribution in [3.05, 3.63) is 65.2 Å². The van der Waals surface area contributed by atoms with Crippen molar-refractivity contribution >= 4 is 6.21 Å². The fourth-order valence-corrected chi connectivity index (χ4v) is 1.71. The number of ether oxygens (including phenoxy) is 1. The molecule has 2 aromatic rings. The van der Waals surface area contributed by atoms with Gasteiger partial charge >= 0.3 is 0 Å². The molecule has 0 aromatic heterocycles. The SMILES string of the molecule is COc1ccccc1C=NOCc1cccc(C#N)c1. The molecular weight excluding hydrogens is 252 g/mol. The van der Waals surface area contributed by atoms with Crippen molar-refractivity contribution in [3.8, 4) is 11.8 Å². The zero-order valence-corrected chi connectivity index (χ0v) is 11.1. The highest BCUT2D eigenvalue weighted by molar-refractivity contribution is 5.82. The van der Waals surface area contributed by atoms with E-state index >= 15 is 0 Å². The topological polar surface area (TPSA) is 54.6 Å². The Labute approximate surface area is 117 Å². The minimum absolute atomic E-state index is 0.321. The number of rotatable bonds is 5. The molecule has 0 atom stereocenters. The van der Waals surface area contributed by atoms with Gasteiger partial charge in [0.05, 0.1) is 25.0 Å². The van der Waals surface area contributed by atoms with Crippen LogP contribution in [0.1, 0.15) is 16.7 Å². The van der Waals surface area contributed by atoms with Gasteiger partial charge in [-0.2, -0.15) is 5.26 Å². The Morgan fingerprint density at radius 3 is 2.85 bits per heavy atom. The first-order chi connectivity index (χ1) is 9.83. The molecule has 2 rings (SSSR count). The van der Waals surface area contributed by atoms with Crippen LogP contribution in [0.25, 0.3) is 0 Å². The minimum atomic E-state index is 0.321. The Balaban J connectivity index is 1.95. The second-order valence-electron chi connectivity index (χ2n) is 4.06. The molecule has 4 nitrogen and oxygen atoms in total. The summed E-state index contributed by atoms with van der Waals surface area (Å²) in [5.41, 5.74) is 2.36. The van der Waals surface area contributed by atoms with Crippen molar-refractivity contribution in [2.45, 2.75) is 6.61 Å². The first-order valence-corrected chi connectivity index (χ1v) is 6.11. The highest BCUT2D eigenvalue weighted by atomic mass is 16.6. The smallest absolute Gasteiger partial charge is 0.142 e. The third kappa shape index (κ3) is 3.59. The molecule has 0 saturated heterocycles. The van der Waals surface area contributed by atoms with Crippen LogP contribution in [0.2, 0.25) is 0 Å². The van der Waals surface area contributed by atoms with E-state index in [1.807, 2.05) is 36.4 Å². The normalized spacial score (nSPS) is 10.2. The van der Waals surface area contributed by atoms with Crippen molar-refractivity contribution in [1.82, 2.24) is 0 Å². The van der Waals surface area contributed by atoms with Crippen LogP contribution in [0, 0.1) is 11.3 Å². The summed E-state index contributed by atoms with van der Waals surface area (Å²) in [6, 6.07) is 16.9. The quantitative estimate of drug-likeness (QED) is 0.617. The Hall–Kier alpha value is -2.80. The maximum atomic E-state index is 8.81. The number of nitriles is 1. The number of nitrogens with zero attached hydrogens (tertiary/aromatic N) is 2. The van der Waals surface area contributed by atoms with E-state index in [1.54, 1.807) is 25.5 Å². The van der Waals surface area contributed by atoms with Crippen LogP contribution in [0.4, 0.5) is 0 Å². The first-order valence-electron chi connectivity index (χ1n) is 6.11. The number of oxime groups is 1. The number of para-hydroxylation sites is 1. The van der Waals surface area contributed by atoms with E-state index in [0.717, 1.165) is 16.9 Å². The maximum Gasteiger partial charge on any atom is 0.142 e. The second-order valence-corrected chi connectivity index (χ2v) is 4.06. The monoisotopic (exact) mass is 266 g/mol. The molecule has 0 saturated carbocycles. The summed E-state index contributed by atoms with van der Waals surface area (Å²) < 4.78 is 5.21. The van der Waals surface area contributed by atoms with E-state index < -0.39 is 0 Å². The van der Waals surface area contributed by atoms with Gasteiger partial charge in [0.2, 0.25) is 0 Å². The molecule has 0 amide bonds. The summed E-state index contributed by atoms with van der Waals surface area (Å²) in [6.45, 7) is 0.321. The fraction of sp³-hybridized carbons (Fsp3) is 0.125. The van der Waals surface area contributed by atoms with Gasteiger partial charge in [-0.25, -0.2) is 0 Å². The molecule has 0 heterocycles. The predicted octanol–water partition coefficient (Wildman–Crippen LogP) is 3.12. The summed E-state index contributed by atoms with van der Waals surface area (Å²) in [7, 11) is 1.61. The molecule has 20 heavy (non-hydrogen) atoms. The van der Waals surface area contributed by atoms with Crippen LogP contribution in [0.5, 0.6) is 5.75 Å². The summed E-state index contributed by atoms with van der Waals surface area (Å²) in [5, 5.41) is 12.7. The van der Waals surface area contributed by atoms with Gasteiger partial charge in [-0.3, -0.25) is 0 Å². The molecular formula is C16H14N2O2. The third-order valence-electron chi connectivity index (χ3n) is 2.69. The summed E-state index contributed by atoms with van der Waals surface area (Å²) in [5.74, 6) is 0.742. The van der Waals surface area contributed by atoms with Gasteiger partial charge in [-0.05, 0) is 29.8 Å². The lowest BCUT2D eigenvalue weighted by atomic mass is 10.1. The van der Waals surface area contributed by atoms with Crippen LogP contribution in [0.3, 0.4) is 0 Å². The highest BCUT2D eigenvalue weighted by Gasteiger charge is 1.98. The number of methoxy groups -OCH3 is 1. The Bertz CT molecular complexity index is 645. The minimum Gasteiger partial charge on any atom is -0.496 e. The van der Waals surface area contributed by atoms with E-state index in [9.17, 15) is 0 Å². The van der Waals surface area contributed by atoms with Gasteiger partial charge < -0.3 is 9.57 Å². The Morgan fingerprint density at radius 2 is 2.05 bits per heavy atom. The lowest BCUT2D eigenvalue weighted by molar-refractivity contribution is 0.132. The zero-order chi connectivity index (χ0) is 14.2. The van der Waals surface area contributed by atoms with Gasteiger partial charge in [-0.1, -0.05) is 29.4 Å². The van der Waals surface area contributed by atoms with Crippen LogP contribution >= 0.6 is 0 Å². The van der Waals surface area contributed by atoms with Gasteiger partial charge in [0.15, 0.2) is 0 Å². The fourth-order valence-electron chi connectivity index (χ4n) is 1.71. The molecule has 0 aliphatic carbocycles. The lowest BCUT2D eigenvalue weighted by Crippen LogP contribution is -1.92. The molecule has 0 spiro atoms. The lowest BCUT2D eigenvalue weighted by Gasteiger charge is -2.03. The summed E-state index contributed by atoms with van der Waals surface area (Å²) in [4.78, 5) is 5.23. The maximum absolute atomic E-state index is 8.81. The van der Waals surface area contributed by atoms with Gasteiger partial charge in [0.1, 0.15) is 12.4 Å². The van der Waals surface area contributed by atoms with Gasteiger partial charge in [0.25, 0.3) is 0 Å². The Kier molecular flexibility index (Phi) is 4.74. The van der Waals surface area contributed by atoms with Crippen LogP contribution in [-0.4, -0.2) is 13.3 Å². The van der Waals surface area contributed by atoms with Crippen molar-refractivity contribution in [2.24, 2.45) is 5.16 Å². The van der Waals surface area contributed by atoms with Crippen LogP contribution in [0.15, 0.2) is 53.7 Å².